The average molecular weight is 946 g/mol. The van der Waals surface area contributed by atoms with Crippen LogP contribution in [0.5, 0.6) is 12.0 Å². The monoisotopic (exact) mass is 945 g/mol. The van der Waals surface area contributed by atoms with E-state index in [1.807, 2.05) is 0 Å². The van der Waals surface area contributed by atoms with Gasteiger partial charge in [0.1, 0.15) is 0 Å². The number of rotatable bonds is 27. The molecule has 64 heavy (non-hydrogen) atoms. The van der Waals surface area contributed by atoms with Crippen LogP contribution < -0.4 is 29.9 Å². The summed E-state index contributed by atoms with van der Waals surface area (Å²) in [5.74, 6) is -0.0682. The van der Waals surface area contributed by atoms with E-state index in [-0.39, 0.29) is 144 Å². The Morgan fingerprint density at radius 2 is 0.828 bits per heavy atom. The Morgan fingerprint density at radius 1 is 0.500 bits per heavy atom. The zero-order valence-electron chi connectivity index (χ0n) is 35.1. The lowest BCUT2D eigenvalue weighted by molar-refractivity contribution is 0.136. The quantitative estimate of drug-likeness (QED) is 0.0280. The number of benzene rings is 2. The molecule has 0 fully saturated rings. The molecule has 0 amide bonds. The van der Waals surface area contributed by atoms with Gasteiger partial charge in [-0.15, -0.1) is 0 Å². The molecule has 0 unspecified atom stereocenters. The van der Waals surface area contributed by atoms with Crippen molar-refractivity contribution in [2.75, 3.05) is 127 Å². The third-order valence-corrected chi connectivity index (χ3v) is 10.6. The van der Waals surface area contributed by atoms with Crippen molar-refractivity contribution in [2.45, 2.75) is 22.6 Å². The van der Waals surface area contributed by atoms with Gasteiger partial charge in [-0.1, -0.05) is 12.1 Å². The molecule has 2 heterocycles. The van der Waals surface area contributed by atoms with Crippen molar-refractivity contribution in [2.24, 2.45) is 0 Å². The number of aliphatic hydroxyl groups excluding tert-OH is 7. The van der Waals surface area contributed by atoms with Crippen LogP contribution in [0.1, 0.15) is 11.1 Å². The Morgan fingerprint density at radius 3 is 1.11 bits per heavy atom. The number of aliphatic hydroxyl groups is 7. The van der Waals surface area contributed by atoms with Gasteiger partial charge in [0.2, 0.25) is 23.8 Å². The highest BCUT2D eigenvalue weighted by molar-refractivity contribution is 7.86. The summed E-state index contributed by atoms with van der Waals surface area (Å²) in [6.45, 7) is 1.02. The summed E-state index contributed by atoms with van der Waals surface area (Å²) < 4.78 is 80.5. The van der Waals surface area contributed by atoms with Gasteiger partial charge >= 0.3 is 12.0 Å². The number of nitrogens with one attached hydrogen (secondary N) is 2. The smallest absolute Gasteiger partial charge is 0.322 e. The largest absolute Gasteiger partial charge is 0.467 e. The van der Waals surface area contributed by atoms with Crippen LogP contribution in [0.4, 0.5) is 35.2 Å². The van der Waals surface area contributed by atoms with Crippen molar-refractivity contribution in [3.05, 3.63) is 47.5 Å². The highest BCUT2D eigenvalue weighted by atomic mass is 32.2. The molecule has 2 aromatic heterocycles. The van der Waals surface area contributed by atoms with E-state index >= 15 is 0 Å². The van der Waals surface area contributed by atoms with E-state index in [9.17, 15) is 46.4 Å². The summed E-state index contributed by atoms with van der Waals surface area (Å²) in [6.07, 6.45) is -0.212. The van der Waals surface area contributed by atoms with E-state index < -0.39 is 30.0 Å². The molecule has 2 aromatic carbocycles. The Bertz CT molecular complexity index is 2110. The van der Waals surface area contributed by atoms with Gasteiger partial charge < -0.3 is 65.7 Å². The van der Waals surface area contributed by atoms with Gasteiger partial charge in [-0.2, -0.15) is 46.7 Å². The van der Waals surface area contributed by atoms with Crippen LogP contribution in [-0.2, 0) is 33.1 Å². The van der Waals surface area contributed by atoms with Crippen LogP contribution in [-0.4, -0.2) is 203 Å². The fourth-order valence-electron chi connectivity index (χ4n) is 5.82. The van der Waals surface area contributed by atoms with Crippen molar-refractivity contribution in [1.29, 1.82) is 0 Å². The first kappa shape index (κ1) is 53.1. The molecule has 356 valence electrons. The molecular weight excluding hydrogens is 891 g/mol. The van der Waals surface area contributed by atoms with E-state index in [4.69, 9.17) is 24.8 Å². The molecule has 4 rings (SSSR count). The second kappa shape index (κ2) is 26.5. The molecule has 4 aromatic rings. The molecule has 0 saturated carbocycles. The summed E-state index contributed by atoms with van der Waals surface area (Å²) in [6, 6.07) is 7.72. The fourth-order valence-corrected chi connectivity index (χ4v) is 7.38. The maximum Gasteiger partial charge on any atom is 0.322 e. The first-order valence-electron chi connectivity index (χ1n) is 19.4. The maximum atomic E-state index is 12.5. The number of aryl methyl sites for hydroxylation is 2. The highest BCUT2D eigenvalue weighted by Crippen LogP contribution is 2.28. The van der Waals surface area contributed by atoms with Gasteiger partial charge in [-0.3, -0.25) is 14.0 Å². The van der Waals surface area contributed by atoms with E-state index in [0.717, 1.165) is 12.1 Å². The minimum Gasteiger partial charge on any atom is -0.467 e. The lowest BCUT2D eigenvalue weighted by Gasteiger charge is -2.21. The van der Waals surface area contributed by atoms with Gasteiger partial charge in [-0.25, -0.2) is 0 Å². The number of nitrogens with zero attached hydrogens (tertiary/aromatic N) is 9. The third-order valence-electron chi connectivity index (χ3n) is 8.73. The predicted molar refractivity (Wildman–Crippen MR) is 230 cm³/mol. The molecule has 26 nitrogen and oxygen atoms in total. The number of hydrogen-bond acceptors (Lipinski definition) is 24. The zero-order valence-corrected chi connectivity index (χ0v) is 36.7. The number of aromatic nitrogens is 6. The zero-order chi connectivity index (χ0) is 47.3. The fraction of sp³-hybridized carbons (Fsp3) is 0.500. The summed E-state index contributed by atoms with van der Waals surface area (Å²) in [5.41, 5.74) is 0.476. The molecule has 0 bridgehead atoms. The van der Waals surface area contributed by atoms with E-state index in [1.165, 1.54) is 48.3 Å². The molecule has 0 aliphatic heterocycles. The molecule has 0 radical (unpaired) electrons. The van der Waals surface area contributed by atoms with Crippen molar-refractivity contribution in [1.82, 2.24) is 34.8 Å². The Balaban J connectivity index is 0.000000968. The van der Waals surface area contributed by atoms with E-state index in [0.29, 0.717) is 19.6 Å². The van der Waals surface area contributed by atoms with Gasteiger partial charge in [0, 0.05) is 57.2 Å². The number of methoxy groups -OCH3 is 2. The van der Waals surface area contributed by atoms with Crippen LogP contribution in [0.15, 0.2) is 46.2 Å². The molecule has 0 saturated heterocycles. The third kappa shape index (κ3) is 16.7. The van der Waals surface area contributed by atoms with Gasteiger partial charge in [0.05, 0.1) is 70.3 Å². The van der Waals surface area contributed by atoms with Gasteiger partial charge in [0.15, 0.2) is 0 Å². The van der Waals surface area contributed by atoms with Crippen LogP contribution in [0.2, 0.25) is 0 Å². The molecule has 0 aliphatic carbocycles. The molecule has 11 N–H and O–H groups in total. The van der Waals surface area contributed by atoms with Crippen molar-refractivity contribution in [3.63, 3.8) is 0 Å². The summed E-state index contributed by atoms with van der Waals surface area (Å²) in [4.78, 5) is 28.7. The first-order valence-corrected chi connectivity index (χ1v) is 22.3. The number of ether oxygens (including phenoxy) is 2. The summed E-state index contributed by atoms with van der Waals surface area (Å²) in [5, 5.41) is 68.7. The predicted octanol–water partition coefficient (Wildman–Crippen LogP) is -2.31. The number of anilines is 6. The Labute approximate surface area is 369 Å². The second-order valence-electron chi connectivity index (χ2n) is 13.1. The Hall–Kier alpha value is -5.24. The topological polar surface area (TPSA) is 380 Å². The van der Waals surface area contributed by atoms with Gasteiger partial charge in [0.25, 0.3) is 20.2 Å². The first-order chi connectivity index (χ1) is 30.6. The summed E-state index contributed by atoms with van der Waals surface area (Å²) in [7, 11) is -7.03. The van der Waals surface area contributed by atoms with Crippen LogP contribution in [0.3, 0.4) is 0 Å². The molecule has 0 atom stereocenters. The van der Waals surface area contributed by atoms with Crippen molar-refractivity contribution < 1.29 is 71.2 Å². The van der Waals surface area contributed by atoms with Crippen LogP contribution in [0.25, 0.3) is 0 Å². The second-order valence-corrected chi connectivity index (χ2v) is 15.9. The highest BCUT2D eigenvalue weighted by Gasteiger charge is 2.22. The van der Waals surface area contributed by atoms with Gasteiger partial charge in [-0.05, 0) is 48.2 Å². The summed E-state index contributed by atoms with van der Waals surface area (Å²) >= 11 is 0. The SMILES string of the molecule is COc1nc(Nc2ccc(CCc3ccc(Nc4nc(OC)nc(N(CCO)CCO)n4)cc3S(=O)(=O)O)c(S(=O)(=O)O)c2)nc(N(CCO)CCO)n1.OCCN(CCO)CCO. The molecular formula is C36H55N11O15S2. The van der Waals surface area contributed by atoms with Crippen molar-refractivity contribution in [3.8, 4) is 12.0 Å². The molecule has 28 heteroatoms. The normalized spacial score (nSPS) is 11.5. The Kier molecular flexibility index (Phi) is 22.0. The minimum absolute atomic E-state index is 0.0513. The lowest BCUT2D eigenvalue weighted by Crippen LogP contribution is -2.32. The molecule has 0 aliphatic rings. The molecule has 0 spiro atoms. The van der Waals surface area contributed by atoms with Crippen LogP contribution in [0, 0.1) is 0 Å². The van der Waals surface area contributed by atoms with E-state index in [1.54, 1.807) is 4.90 Å². The minimum atomic E-state index is -4.82. The average Bonchev–Trinajstić information content (AvgIpc) is 3.25. The van der Waals surface area contributed by atoms with Crippen molar-refractivity contribution >= 4 is 55.4 Å². The lowest BCUT2D eigenvalue weighted by atomic mass is 10.0. The maximum absolute atomic E-state index is 12.5. The van der Waals surface area contributed by atoms with E-state index in [2.05, 4.69) is 40.5 Å². The standard InChI is InChI=1S/C30H40N10O12S2.C6H15NO3/c1-51-29-35-25(33-27(37-29)39(9-13-41)10-14-42)31-21-7-5-19(23(17-21)53(45,46)47)3-4-20-6-8-22(18-24(20)54(48,49)50)32-26-34-28(38-30(36-26)52-2)40(11-15-43)12-16-44;8-4-1-7(2-5-9)3-6-10/h5-8,17-18,41-44H,3-4,9-16H2,1-2H3,(H,45,46,47)(H,48,49,50)(H,31,33,35,37)(H,32,34,36,38);8-10H,1-6H2. The number of hydrogen-bond donors (Lipinski definition) is 11. The van der Waals surface area contributed by atoms with Crippen LogP contribution >= 0.6 is 0 Å².